The Morgan fingerprint density at radius 2 is 1.83 bits per heavy atom. The Morgan fingerprint density at radius 1 is 1.06 bits per heavy atom. The Hall–Kier alpha value is -3.54. The summed E-state index contributed by atoms with van der Waals surface area (Å²) in [6, 6.07) is 5.91. The molecular formula is C28H32N6O2. The van der Waals surface area contributed by atoms with E-state index in [1.807, 2.05) is 25.4 Å². The van der Waals surface area contributed by atoms with Crippen molar-refractivity contribution in [3.63, 3.8) is 0 Å². The highest BCUT2D eigenvalue weighted by atomic mass is 16.5. The van der Waals surface area contributed by atoms with Gasteiger partial charge in [0.15, 0.2) is 0 Å². The minimum atomic E-state index is 0.0233. The van der Waals surface area contributed by atoms with Gasteiger partial charge >= 0.3 is 0 Å². The highest BCUT2D eigenvalue weighted by molar-refractivity contribution is 5.99. The van der Waals surface area contributed by atoms with Gasteiger partial charge in [0.1, 0.15) is 17.3 Å². The van der Waals surface area contributed by atoms with Gasteiger partial charge in [-0.1, -0.05) is 18.9 Å². The second-order valence-electron chi connectivity index (χ2n) is 9.95. The van der Waals surface area contributed by atoms with Gasteiger partial charge in [-0.3, -0.25) is 9.69 Å². The number of carbonyl (C=O) groups excluding carboxylic acids is 1. The Balaban J connectivity index is 1.35. The summed E-state index contributed by atoms with van der Waals surface area (Å²) in [7, 11) is 1.82. The lowest BCUT2D eigenvalue weighted by Gasteiger charge is -2.35. The highest BCUT2D eigenvalue weighted by Crippen LogP contribution is 2.38. The van der Waals surface area contributed by atoms with Crippen molar-refractivity contribution in [1.82, 2.24) is 19.9 Å². The van der Waals surface area contributed by atoms with Gasteiger partial charge in [-0.2, -0.15) is 0 Å². The van der Waals surface area contributed by atoms with Gasteiger partial charge in [0.2, 0.25) is 5.91 Å². The van der Waals surface area contributed by atoms with Crippen molar-refractivity contribution in [1.29, 1.82) is 0 Å². The van der Waals surface area contributed by atoms with E-state index in [-0.39, 0.29) is 24.0 Å². The van der Waals surface area contributed by atoms with Crippen LogP contribution in [0.3, 0.4) is 0 Å². The molecule has 2 N–H and O–H groups in total. The maximum atomic E-state index is 12.4. The molecule has 1 saturated carbocycles. The Morgan fingerprint density at radius 3 is 2.50 bits per heavy atom. The first-order valence-corrected chi connectivity index (χ1v) is 12.5. The Labute approximate surface area is 211 Å². The maximum absolute atomic E-state index is 12.4. The first kappa shape index (κ1) is 24.2. The quantitative estimate of drug-likeness (QED) is 0.534. The first-order chi connectivity index (χ1) is 17.4. The van der Waals surface area contributed by atoms with Gasteiger partial charge in [-0.05, 0) is 49.8 Å². The lowest BCUT2D eigenvalue weighted by atomic mass is 10.1. The summed E-state index contributed by atoms with van der Waals surface area (Å²) in [6.07, 6.45) is 6.78. The molecule has 1 amide bonds. The molecule has 0 bridgehead atoms. The Kier molecular flexibility index (Phi) is 6.86. The summed E-state index contributed by atoms with van der Waals surface area (Å²) in [6.45, 7) is 9.00. The maximum Gasteiger partial charge on any atom is 0.228 e. The normalized spacial score (nSPS) is 23.6. The van der Waals surface area contributed by atoms with Crippen LogP contribution in [0, 0.1) is 23.7 Å². The number of hydrogen-bond donors (Lipinski definition) is 2. The zero-order chi connectivity index (χ0) is 25.2. The molecule has 2 fully saturated rings. The van der Waals surface area contributed by atoms with Crippen LogP contribution in [0.1, 0.15) is 44.0 Å². The van der Waals surface area contributed by atoms with Crippen LogP contribution >= 0.6 is 0 Å². The van der Waals surface area contributed by atoms with Gasteiger partial charge in [0, 0.05) is 62.0 Å². The number of carbonyl (C=O) groups is 1. The van der Waals surface area contributed by atoms with Gasteiger partial charge in [-0.15, -0.1) is 0 Å². The fourth-order valence-electron chi connectivity index (χ4n) is 4.80. The number of ether oxygens (including phenoxy) is 1. The monoisotopic (exact) mass is 484 g/mol. The van der Waals surface area contributed by atoms with E-state index in [4.69, 9.17) is 4.74 Å². The van der Waals surface area contributed by atoms with Crippen LogP contribution in [0.2, 0.25) is 0 Å². The number of fused-ring (bicyclic) bond motifs is 1. The van der Waals surface area contributed by atoms with E-state index in [1.54, 1.807) is 12.4 Å². The van der Waals surface area contributed by atoms with Crippen molar-refractivity contribution in [3.05, 3.63) is 53.6 Å². The summed E-state index contributed by atoms with van der Waals surface area (Å²) < 4.78 is 5.83. The molecule has 2 aliphatic rings. The van der Waals surface area contributed by atoms with E-state index >= 15 is 0 Å². The second-order valence-corrected chi connectivity index (χ2v) is 9.95. The summed E-state index contributed by atoms with van der Waals surface area (Å²) in [5, 5.41) is 7.77. The summed E-state index contributed by atoms with van der Waals surface area (Å²) >= 11 is 0. The van der Waals surface area contributed by atoms with Crippen LogP contribution in [0.5, 0.6) is 0 Å². The minimum Gasteiger partial charge on any atom is -0.373 e. The van der Waals surface area contributed by atoms with Crippen LogP contribution in [-0.2, 0) is 16.1 Å². The largest absolute Gasteiger partial charge is 0.373 e. The molecule has 0 spiro atoms. The third kappa shape index (κ3) is 5.48. The molecule has 1 aliphatic heterocycles. The van der Waals surface area contributed by atoms with Gasteiger partial charge in [0.25, 0.3) is 0 Å². The molecule has 4 atom stereocenters. The molecule has 8 heteroatoms. The van der Waals surface area contributed by atoms with Crippen LogP contribution in [0.25, 0.3) is 10.8 Å². The van der Waals surface area contributed by atoms with Crippen molar-refractivity contribution in [2.45, 2.75) is 45.9 Å². The number of amides is 1. The van der Waals surface area contributed by atoms with Crippen molar-refractivity contribution in [2.24, 2.45) is 11.8 Å². The minimum absolute atomic E-state index is 0.0233. The zero-order valence-electron chi connectivity index (χ0n) is 21.2. The van der Waals surface area contributed by atoms with Crippen LogP contribution in [0.4, 0.5) is 11.6 Å². The van der Waals surface area contributed by atoms with Gasteiger partial charge < -0.3 is 15.4 Å². The van der Waals surface area contributed by atoms with Crippen molar-refractivity contribution >= 4 is 28.3 Å². The topological polar surface area (TPSA) is 92.3 Å². The number of morpholine rings is 1. The number of anilines is 2. The summed E-state index contributed by atoms with van der Waals surface area (Å²) in [5.74, 6) is 8.17. The molecule has 3 aromatic rings. The molecule has 36 heavy (non-hydrogen) atoms. The number of nitrogens with zero attached hydrogens (tertiary/aromatic N) is 4. The van der Waals surface area contributed by atoms with E-state index in [0.29, 0.717) is 23.2 Å². The highest BCUT2D eigenvalue weighted by Gasteiger charge is 2.39. The van der Waals surface area contributed by atoms with E-state index in [0.717, 1.165) is 48.0 Å². The average molecular weight is 485 g/mol. The van der Waals surface area contributed by atoms with E-state index in [2.05, 4.69) is 69.2 Å². The molecule has 186 valence electrons. The van der Waals surface area contributed by atoms with Crippen molar-refractivity contribution in [3.8, 4) is 11.8 Å². The molecule has 4 heterocycles. The molecule has 5 rings (SSSR count). The standard InChI is InChI=1S/C28H32N6O2/c1-17-9-23(17)28(35)33-26-10-24-21(12-32-27(29-4)25(24)13-31-26)6-8-22-7-5-20(11-30-22)16-34-14-18(2)36-19(3)15-34/h5,7,10-13,17-19,23H,9,14-16H2,1-4H3,(H,29,32)(H,31,33,35)/t17-,18-,19+,23+/m1/s1. The fraction of sp³-hybridized carbons (Fsp3) is 0.429. The van der Waals surface area contributed by atoms with E-state index in [1.165, 1.54) is 0 Å². The number of aromatic nitrogens is 3. The van der Waals surface area contributed by atoms with E-state index in [9.17, 15) is 4.79 Å². The molecular weight excluding hydrogens is 452 g/mol. The number of nitrogens with one attached hydrogen (secondary N) is 2. The number of pyridine rings is 3. The van der Waals surface area contributed by atoms with Crippen LogP contribution in [-0.4, -0.2) is 58.1 Å². The lowest BCUT2D eigenvalue weighted by molar-refractivity contribution is -0.117. The third-order valence-corrected chi connectivity index (χ3v) is 6.76. The molecule has 1 saturated heterocycles. The third-order valence-electron chi connectivity index (χ3n) is 6.76. The van der Waals surface area contributed by atoms with E-state index < -0.39 is 0 Å². The van der Waals surface area contributed by atoms with Gasteiger partial charge in [0.05, 0.1) is 17.8 Å². The number of hydrogen-bond acceptors (Lipinski definition) is 7. The molecule has 0 aromatic carbocycles. The predicted molar refractivity (Wildman–Crippen MR) is 140 cm³/mol. The smallest absolute Gasteiger partial charge is 0.228 e. The van der Waals surface area contributed by atoms with Crippen molar-refractivity contribution < 1.29 is 9.53 Å². The second kappa shape index (κ2) is 10.2. The average Bonchev–Trinajstić information content (AvgIpc) is 3.59. The Bertz CT molecular complexity index is 1320. The lowest BCUT2D eigenvalue weighted by Crippen LogP contribution is -2.44. The van der Waals surface area contributed by atoms with Crippen LogP contribution in [0.15, 0.2) is 36.8 Å². The molecule has 1 aliphatic carbocycles. The zero-order valence-corrected chi connectivity index (χ0v) is 21.2. The molecule has 8 nitrogen and oxygen atoms in total. The molecule has 0 radical (unpaired) electrons. The fourth-order valence-corrected chi connectivity index (χ4v) is 4.80. The molecule has 3 aromatic heterocycles. The number of rotatable bonds is 5. The summed E-state index contributed by atoms with van der Waals surface area (Å²) in [5.41, 5.74) is 2.60. The molecule has 0 unspecified atom stereocenters. The summed E-state index contributed by atoms with van der Waals surface area (Å²) in [4.78, 5) is 28.3. The van der Waals surface area contributed by atoms with Gasteiger partial charge in [-0.25, -0.2) is 15.0 Å². The first-order valence-electron chi connectivity index (χ1n) is 12.5. The predicted octanol–water partition coefficient (Wildman–Crippen LogP) is 3.67. The van der Waals surface area contributed by atoms with Crippen LogP contribution < -0.4 is 10.6 Å². The van der Waals surface area contributed by atoms with Crippen molar-refractivity contribution in [2.75, 3.05) is 30.8 Å². The SMILES string of the molecule is CNc1ncc(C#Cc2ccc(CN3C[C@@H](C)O[C@@H](C)C3)cn2)c2cc(NC(=O)[C@H]3C[C@H]3C)ncc12.